The van der Waals surface area contributed by atoms with E-state index in [4.69, 9.17) is 16.6 Å². The molecule has 2 heterocycles. The van der Waals surface area contributed by atoms with Crippen LogP contribution in [0.5, 0.6) is 0 Å². The number of furan rings is 1. The van der Waals surface area contributed by atoms with Crippen molar-refractivity contribution in [1.29, 1.82) is 0 Å². The lowest BCUT2D eigenvalue weighted by Crippen LogP contribution is -1.93. The summed E-state index contributed by atoms with van der Waals surface area (Å²) in [6.45, 7) is 4.07. The number of nitrogens with zero attached hydrogens (tertiary/aromatic N) is 3. The maximum atomic E-state index is 5.73. The third-order valence-corrected chi connectivity index (χ3v) is 3.50. The van der Waals surface area contributed by atoms with Crippen LogP contribution in [0, 0.1) is 17.6 Å². The zero-order valence-corrected chi connectivity index (χ0v) is 11.1. The first-order valence-corrected chi connectivity index (χ1v) is 6.34. The lowest BCUT2D eigenvalue weighted by atomic mass is 10.3. The first-order chi connectivity index (χ1) is 8.65. The maximum Gasteiger partial charge on any atom is 0.216 e. The Bertz CT molecular complexity index is 651. The Morgan fingerprint density at radius 2 is 2.39 bits per heavy atom. The Hall–Kier alpha value is -1.69. The summed E-state index contributed by atoms with van der Waals surface area (Å²) in [5.41, 5.74) is 0. The van der Waals surface area contributed by atoms with Crippen molar-refractivity contribution in [3.63, 3.8) is 0 Å². The molecule has 2 aromatic rings. The summed E-state index contributed by atoms with van der Waals surface area (Å²) in [5.74, 6) is 3.84. The molecule has 0 radical (unpaired) electrons. The summed E-state index contributed by atoms with van der Waals surface area (Å²) < 4.78 is 7.77. The molecule has 0 saturated heterocycles. The van der Waals surface area contributed by atoms with Crippen molar-refractivity contribution in [3.8, 4) is 0 Å². The Morgan fingerprint density at radius 3 is 3.00 bits per heavy atom. The Morgan fingerprint density at radius 1 is 1.61 bits per heavy atom. The maximum absolute atomic E-state index is 5.73. The second kappa shape index (κ2) is 4.20. The van der Waals surface area contributed by atoms with E-state index in [-0.39, 0.29) is 0 Å². The van der Waals surface area contributed by atoms with Crippen molar-refractivity contribution in [2.45, 2.75) is 26.2 Å². The summed E-state index contributed by atoms with van der Waals surface area (Å²) in [7, 11) is 0. The van der Waals surface area contributed by atoms with Gasteiger partial charge in [-0.3, -0.25) is 5.10 Å². The molecule has 2 atom stereocenters. The highest BCUT2D eigenvalue weighted by atomic mass is 32.1. The van der Waals surface area contributed by atoms with Crippen molar-refractivity contribution in [1.82, 2.24) is 14.9 Å². The fraction of sp³-hybridized carbons (Fsp3) is 0.417. The Labute approximate surface area is 110 Å². The second-order valence-electron chi connectivity index (χ2n) is 4.69. The van der Waals surface area contributed by atoms with Crippen LogP contribution in [-0.2, 0) is 0 Å². The van der Waals surface area contributed by atoms with Gasteiger partial charge in [0, 0.05) is 5.92 Å². The number of nitrogens with one attached hydrogen (secondary N) is 1. The zero-order valence-electron chi connectivity index (χ0n) is 10.3. The van der Waals surface area contributed by atoms with Crippen molar-refractivity contribution < 1.29 is 4.42 Å². The van der Waals surface area contributed by atoms with E-state index in [1.165, 1.54) is 6.42 Å². The van der Waals surface area contributed by atoms with Crippen molar-refractivity contribution in [2.24, 2.45) is 11.0 Å². The first kappa shape index (κ1) is 11.4. The third kappa shape index (κ3) is 2.03. The van der Waals surface area contributed by atoms with Crippen molar-refractivity contribution in [2.75, 3.05) is 0 Å². The van der Waals surface area contributed by atoms with Crippen LogP contribution in [0.4, 0.5) is 0 Å². The van der Waals surface area contributed by atoms with E-state index in [9.17, 15) is 0 Å². The molecule has 1 fully saturated rings. The largest absolute Gasteiger partial charge is 0.460 e. The van der Waals surface area contributed by atoms with Gasteiger partial charge in [0.25, 0.3) is 0 Å². The third-order valence-electron chi connectivity index (χ3n) is 3.24. The summed E-state index contributed by atoms with van der Waals surface area (Å²) in [4.78, 5) is 0. The van der Waals surface area contributed by atoms with Gasteiger partial charge in [-0.1, -0.05) is 6.92 Å². The molecule has 2 aromatic heterocycles. The number of H-pyrrole nitrogens is 1. The van der Waals surface area contributed by atoms with E-state index in [1.807, 2.05) is 19.1 Å². The smallest absolute Gasteiger partial charge is 0.216 e. The molecule has 18 heavy (non-hydrogen) atoms. The predicted octanol–water partition coefficient (Wildman–Crippen LogP) is 2.85. The van der Waals surface area contributed by atoms with Crippen LogP contribution in [0.3, 0.4) is 0 Å². The molecule has 94 valence electrons. The van der Waals surface area contributed by atoms with E-state index in [0.29, 0.717) is 10.7 Å². The normalized spacial score (nSPS) is 22.8. The monoisotopic (exact) mass is 262 g/mol. The predicted molar refractivity (Wildman–Crippen MR) is 70.4 cm³/mol. The fourth-order valence-corrected chi connectivity index (χ4v) is 2.20. The number of aryl methyl sites for hydroxylation is 1. The summed E-state index contributed by atoms with van der Waals surface area (Å²) in [6, 6.07) is 3.96. The van der Waals surface area contributed by atoms with Gasteiger partial charge in [-0.15, -0.1) is 0 Å². The lowest BCUT2D eigenvalue weighted by Gasteiger charge is -1.93. The molecule has 0 unspecified atom stereocenters. The highest BCUT2D eigenvalue weighted by Crippen LogP contribution is 2.47. The van der Waals surface area contributed by atoms with Gasteiger partial charge in [-0.05, 0) is 43.6 Å². The van der Waals surface area contributed by atoms with Crippen molar-refractivity contribution >= 4 is 18.4 Å². The first-order valence-electron chi connectivity index (χ1n) is 5.93. The minimum absolute atomic E-state index is 0.478. The van der Waals surface area contributed by atoms with E-state index in [1.54, 1.807) is 10.9 Å². The van der Waals surface area contributed by atoms with Gasteiger partial charge in [0.2, 0.25) is 4.77 Å². The van der Waals surface area contributed by atoms with Gasteiger partial charge in [0.1, 0.15) is 17.3 Å². The van der Waals surface area contributed by atoms with Gasteiger partial charge in [0.05, 0.1) is 6.21 Å². The molecule has 1 N–H and O–H groups in total. The molecule has 5 nitrogen and oxygen atoms in total. The van der Waals surface area contributed by atoms with Crippen LogP contribution >= 0.6 is 12.2 Å². The van der Waals surface area contributed by atoms with Crippen LogP contribution in [-0.4, -0.2) is 21.1 Å². The Kier molecular flexibility index (Phi) is 2.66. The van der Waals surface area contributed by atoms with Gasteiger partial charge in [-0.2, -0.15) is 14.9 Å². The minimum Gasteiger partial charge on any atom is -0.460 e. The number of aromatic nitrogens is 3. The highest BCUT2D eigenvalue weighted by Gasteiger charge is 2.36. The molecule has 3 rings (SSSR count). The van der Waals surface area contributed by atoms with E-state index >= 15 is 0 Å². The summed E-state index contributed by atoms with van der Waals surface area (Å²) in [6.07, 6.45) is 2.88. The van der Waals surface area contributed by atoms with E-state index in [0.717, 1.165) is 23.3 Å². The molecule has 1 aliphatic rings. The average Bonchev–Trinajstić information content (AvgIpc) is 2.76. The van der Waals surface area contributed by atoms with Gasteiger partial charge in [-0.25, -0.2) is 0 Å². The SMILES string of the molecule is Cc1n[nH]c(=S)n1/N=C\c1ccc([C@@H]2C[C@@H]2C)o1. The molecule has 0 spiro atoms. The van der Waals surface area contributed by atoms with Crippen LogP contribution in [0.15, 0.2) is 21.7 Å². The standard InChI is InChI=1S/C12H14N4OS/c1-7-5-10(7)11-4-3-9(17-11)6-13-16-8(2)14-15-12(16)18/h3-4,6-7,10H,5H2,1-2H3,(H,15,18)/b13-6-/t7-,10+/m0/s1. The molecule has 0 amide bonds. The fourth-order valence-electron chi connectivity index (χ4n) is 1.98. The van der Waals surface area contributed by atoms with E-state index in [2.05, 4.69) is 22.2 Å². The molecule has 1 aliphatic carbocycles. The molecule has 0 aliphatic heterocycles. The van der Waals surface area contributed by atoms with Crippen LogP contribution in [0.2, 0.25) is 0 Å². The van der Waals surface area contributed by atoms with E-state index < -0.39 is 0 Å². The summed E-state index contributed by atoms with van der Waals surface area (Å²) in [5, 5.41) is 10.9. The molecule has 1 saturated carbocycles. The molecular weight excluding hydrogens is 248 g/mol. The quantitative estimate of drug-likeness (QED) is 0.683. The van der Waals surface area contributed by atoms with Crippen LogP contribution in [0.1, 0.15) is 36.6 Å². The van der Waals surface area contributed by atoms with Gasteiger partial charge >= 0.3 is 0 Å². The second-order valence-corrected chi connectivity index (χ2v) is 5.08. The molecule has 0 aromatic carbocycles. The average molecular weight is 262 g/mol. The number of aromatic amines is 1. The van der Waals surface area contributed by atoms with Crippen molar-refractivity contribution in [3.05, 3.63) is 34.2 Å². The van der Waals surface area contributed by atoms with Crippen LogP contribution in [0.25, 0.3) is 0 Å². The zero-order chi connectivity index (χ0) is 12.7. The highest BCUT2D eigenvalue weighted by molar-refractivity contribution is 7.71. The minimum atomic E-state index is 0.478. The van der Waals surface area contributed by atoms with Crippen LogP contribution < -0.4 is 0 Å². The number of hydrogen-bond donors (Lipinski definition) is 1. The number of hydrogen-bond acceptors (Lipinski definition) is 4. The topological polar surface area (TPSA) is 59.1 Å². The van der Waals surface area contributed by atoms with Gasteiger partial charge < -0.3 is 4.42 Å². The summed E-state index contributed by atoms with van der Waals surface area (Å²) >= 11 is 5.06. The lowest BCUT2D eigenvalue weighted by molar-refractivity contribution is 0.500. The molecular formula is C12H14N4OS. The molecule has 0 bridgehead atoms. The van der Waals surface area contributed by atoms with Gasteiger partial charge in [0.15, 0.2) is 0 Å². The molecule has 6 heteroatoms. The number of rotatable bonds is 3. The Balaban J connectivity index is 1.80.